The third-order valence-electron chi connectivity index (χ3n) is 12.6. The first-order chi connectivity index (χ1) is 30.6. The number of aromatic nitrogens is 2. The second-order valence-electron chi connectivity index (χ2n) is 17.2. The molecule has 0 fully saturated rings. The van der Waals surface area contributed by atoms with Gasteiger partial charge in [0.15, 0.2) is 0 Å². The molecule has 63 heavy (non-hydrogen) atoms. The van der Waals surface area contributed by atoms with E-state index in [9.17, 15) is 14.5 Å². The van der Waals surface area contributed by atoms with Gasteiger partial charge in [0.25, 0.3) is 0 Å². The predicted octanol–water partition coefficient (Wildman–Crippen LogP) is 13.9. The summed E-state index contributed by atoms with van der Waals surface area (Å²) in [5.74, 6) is 0.174. The molecule has 0 saturated heterocycles. The van der Waals surface area contributed by atoms with Crippen LogP contribution in [0.1, 0.15) is 143 Å². The van der Waals surface area contributed by atoms with Crippen molar-refractivity contribution in [2.24, 2.45) is 27.3 Å². The largest absolute Gasteiger partial charge is 0.399 e. The summed E-state index contributed by atoms with van der Waals surface area (Å²) >= 11 is 0. The number of rotatable bonds is 24. The molecule has 0 aliphatic carbocycles. The third-order valence-corrected chi connectivity index (χ3v) is 12.6. The zero-order chi connectivity index (χ0) is 44.9. The molecule has 6 rings (SSSR count). The molecule has 6 aromatic rings. The van der Waals surface area contributed by atoms with Crippen molar-refractivity contribution in [2.75, 3.05) is 5.73 Å². The van der Waals surface area contributed by atoms with Gasteiger partial charge in [-0.25, -0.2) is 9.59 Å². The van der Waals surface area contributed by atoms with Crippen LogP contribution in [-0.2, 0) is 32.4 Å². The molecule has 11 heteroatoms. The number of nitrogens with zero attached hydrogens (tertiary/aromatic N) is 5. The zero-order valence-electron chi connectivity index (χ0n) is 38.3. The highest BCUT2D eigenvalue weighted by Gasteiger charge is 2.19. The highest BCUT2D eigenvalue weighted by molar-refractivity contribution is 6.13. The molecule has 0 amide bonds. The van der Waals surface area contributed by atoms with Gasteiger partial charge in [0.05, 0.1) is 11.4 Å². The van der Waals surface area contributed by atoms with Crippen LogP contribution in [0.15, 0.2) is 88.3 Å². The van der Waals surface area contributed by atoms with E-state index in [-0.39, 0.29) is 0 Å². The summed E-state index contributed by atoms with van der Waals surface area (Å²) in [4.78, 5) is 46.0. The fourth-order valence-electron chi connectivity index (χ4n) is 9.04. The zero-order valence-corrected chi connectivity index (χ0v) is 38.3. The Morgan fingerprint density at radius 1 is 0.571 bits per heavy atom. The van der Waals surface area contributed by atoms with Crippen molar-refractivity contribution >= 4 is 78.3 Å². The smallest absolute Gasteiger partial charge is 0.331 e. The molecule has 0 saturated carbocycles. The second kappa shape index (κ2) is 22.5. The summed E-state index contributed by atoms with van der Waals surface area (Å²) < 4.78 is 4.81. The van der Waals surface area contributed by atoms with Crippen LogP contribution >= 0.6 is 0 Å². The summed E-state index contributed by atoms with van der Waals surface area (Å²) in [6, 6.07) is 24.5. The number of oxime groups is 2. The van der Waals surface area contributed by atoms with Gasteiger partial charge in [-0.2, -0.15) is 0 Å². The van der Waals surface area contributed by atoms with E-state index in [1.807, 2.05) is 18.2 Å². The number of fused-ring (bicyclic) bond motifs is 6. The summed E-state index contributed by atoms with van der Waals surface area (Å²) in [6.07, 6.45) is 14.0. The Morgan fingerprint density at radius 2 is 1.00 bits per heavy atom. The SMILES string of the molecule is CCCCC(CC)Cn1c2ccc(N)cc2c2cc(/C(CCCCCC/C(=N\OC(C)=O)c3ccc4c(c3)c3cc(N=O)ccc3n4CC(CC)CCCC)=N/OC(C)=O)ccc21. The first-order valence-electron chi connectivity index (χ1n) is 23.3. The molecule has 4 aromatic carbocycles. The Balaban J connectivity index is 1.19. The molecule has 0 bridgehead atoms. The quantitative estimate of drug-likeness (QED) is 0.0160. The highest BCUT2D eigenvalue weighted by atomic mass is 16.7. The lowest BCUT2D eigenvalue weighted by atomic mass is 9.98. The molecule has 0 aliphatic heterocycles. The normalized spacial score (nSPS) is 13.3. The number of carbonyl (C=O) groups excluding carboxylic acids is 2. The monoisotopic (exact) mass is 855 g/mol. The molecule has 0 spiro atoms. The number of carbonyl (C=O) groups is 2. The van der Waals surface area contributed by atoms with Gasteiger partial charge < -0.3 is 24.5 Å². The lowest BCUT2D eigenvalue weighted by Crippen LogP contribution is -2.10. The molecular formula is C52H66N6O5. The number of benzene rings is 4. The van der Waals surface area contributed by atoms with E-state index < -0.39 is 11.9 Å². The van der Waals surface area contributed by atoms with Gasteiger partial charge in [0.2, 0.25) is 0 Å². The number of unbranched alkanes of at least 4 members (excludes halogenated alkanes) is 5. The average Bonchev–Trinajstić information content (AvgIpc) is 3.76. The van der Waals surface area contributed by atoms with E-state index in [0.717, 1.165) is 125 Å². The molecule has 0 radical (unpaired) electrons. The molecule has 2 unspecified atom stereocenters. The summed E-state index contributed by atoms with van der Waals surface area (Å²) in [7, 11) is 0. The van der Waals surface area contributed by atoms with Crippen LogP contribution in [0.25, 0.3) is 43.6 Å². The summed E-state index contributed by atoms with van der Waals surface area (Å²) in [5.41, 5.74) is 15.1. The second-order valence-corrected chi connectivity index (χ2v) is 17.2. The fourth-order valence-corrected chi connectivity index (χ4v) is 9.04. The average molecular weight is 855 g/mol. The van der Waals surface area contributed by atoms with Gasteiger partial charge in [-0.3, -0.25) is 0 Å². The van der Waals surface area contributed by atoms with Crippen LogP contribution in [0.5, 0.6) is 0 Å². The van der Waals surface area contributed by atoms with Gasteiger partial charge in [-0.1, -0.05) is 102 Å². The maximum absolute atomic E-state index is 12.0. The van der Waals surface area contributed by atoms with Crippen molar-refractivity contribution < 1.29 is 19.3 Å². The molecule has 0 aliphatic rings. The third kappa shape index (κ3) is 11.6. The molecule has 2 aromatic heterocycles. The van der Waals surface area contributed by atoms with Gasteiger partial charge in [-0.15, -0.1) is 4.91 Å². The summed E-state index contributed by atoms with van der Waals surface area (Å²) in [5, 5.41) is 16.1. The fraction of sp³-hybridized carbons (Fsp3) is 0.462. The lowest BCUT2D eigenvalue weighted by molar-refractivity contribution is -0.141. The van der Waals surface area contributed by atoms with E-state index in [1.54, 1.807) is 6.07 Å². The molecular weight excluding hydrogens is 789 g/mol. The minimum absolute atomic E-state index is 0.386. The Bertz CT molecular complexity index is 2600. The topological polar surface area (TPSA) is 143 Å². The van der Waals surface area contributed by atoms with Crippen molar-refractivity contribution in [1.82, 2.24) is 9.13 Å². The van der Waals surface area contributed by atoms with Crippen LogP contribution in [0.3, 0.4) is 0 Å². The number of nitrogen functional groups attached to an aromatic ring is 1. The maximum Gasteiger partial charge on any atom is 0.331 e. The molecule has 11 nitrogen and oxygen atoms in total. The number of anilines is 1. The molecule has 2 heterocycles. The highest BCUT2D eigenvalue weighted by Crippen LogP contribution is 2.36. The van der Waals surface area contributed by atoms with Gasteiger partial charge in [-0.05, 0) is 116 Å². The van der Waals surface area contributed by atoms with Crippen LogP contribution < -0.4 is 5.73 Å². The first kappa shape index (κ1) is 46.7. The number of nitrogens with two attached hydrogens (primary N) is 1. The van der Waals surface area contributed by atoms with E-state index in [2.05, 4.69) is 101 Å². The van der Waals surface area contributed by atoms with Crippen molar-refractivity contribution in [1.29, 1.82) is 0 Å². The van der Waals surface area contributed by atoms with Gasteiger partial charge in [0, 0.05) is 87.4 Å². The van der Waals surface area contributed by atoms with Crippen LogP contribution in [0.4, 0.5) is 11.4 Å². The van der Waals surface area contributed by atoms with Gasteiger partial charge in [0.1, 0.15) is 5.69 Å². The Hall–Kier alpha value is -5.84. The van der Waals surface area contributed by atoms with E-state index in [0.29, 0.717) is 36.1 Å². The maximum atomic E-state index is 12.0. The van der Waals surface area contributed by atoms with Crippen molar-refractivity contribution in [3.05, 3.63) is 88.8 Å². The van der Waals surface area contributed by atoms with Gasteiger partial charge >= 0.3 is 11.9 Å². The van der Waals surface area contributed by atoms with Crippen LogP contribution in [0.2, 0.25) is 0 Å². The van der Waals surface area contributed by atoms with Crippen molar-refractivity contribution in [2.45, 2.75) is 145 Å². The Morgan fingerprint density at radius 3 is 1.43 bits per heavy atom. The number of hydrogen-bond donors (Lipinski definition) is 1. The lowest BCUT2D eigenvalue weighted by Gasteiger charge is -2.17. The Labute approximate surface area is 372 Å². The standard InChI is InChI=1S/C52H66N6O5/c1-7-11-17-37(9-3)33-57-49-25-21-39(29-43(49)45-31-41(53)23-27-51(45)57)47(55-62-35(5)59)19-15-13-14-16-20-48(56-63-36(6)60)40-22-26-50-44(30-40)46-32-42(54-61)24-28-52(46)58(50)34-38(10-4)18-12-8-2/h21-32,37-38H,7-20,33-34,53H2,1-6H3/b55-47+,56-48+. The predicted molar refractivity (Wildman–Crippen MR) is 260 cm³/mol. The first-order valence-corrected chi connectivity index (χ1v) is 23.3. The van der Waals surface area contributed by atoms with E-state index in [1.165, 1.54) is 45.0 Å². The van der Waals surface area contributed by atoms with Crippen molar-refractivity contribution in [3.8, 4) is 0 Å². The van der Waals surface area contributed by atoms with Crippen LogP contribution in [0, 0.1) is 16.7 Å². The van der Waals surface area contributed by atoms with E-state index >= 15 is 0 Å². The molecule has 2 N–H and O–H groups in total. The molecule has 2 atom stereocenters. The number of nitroso groups, excluding NO2 is 1. The molecule has 334 valence electrons. The van der Waals surface area contributed by atoms with Crippen LogP contribution in [-0.4, -0.2) is 32.5 Å². The minimum Gasteiger partial charge on any atom is -0.399 e. The van der Waals surface area contributed by atoms with E-state index in [4.69, 9.17) is 15.4 Å². The van der Waals surface area contributed by atoms with Crippen molar-refractivity contribution in [3.63, 3.8) is 0 Å². The minimum atomic E-state index is -0.479. The summed E-state index contributed by atoms with van der Waals surface area (Å²) in [6.45, 7) is 13.6. The number of hydrogen-bond acceptors (Lipinski definition) is 9. The Kier molecular flexibility index (Phi) is 16.7.